The normalized spacial score (nSPS) is 14.3. The Morgan fingerprint density at radius 1 is 1.03 bits per heavy atom. The third-order valence-electron chi connectivity index (χ3n) is 5.03. The molecule has 0 atom stereocenters. The van der Waals surface area contributed by atoms with Gasteiger partial charge in [-0.3, -0.25) is 4.79 Å². The second kappa shape index (κ2) is 7.94. The molecule has 3 aromatic rings. The van der Waals surface area contributed by atoms with E-state index in [0.29, 0.717) is 37.7 Å². The van der Waals surface area contributed by atoms with Crippen LogP contribution < -0.4 is 14.4 Å². The molecule has 29 heavy (non-hydrogen) atoms. The van der Waals surface area contributed by atoms with Gasteiger partial charge in [0.2, 0.25) is 0 Å². The van der Waals surface area contributed by atoms with Gasteiger partial charge in [0.25, 0.3) is 5.91 Å². The molecule has 0 N–H and O–H groups in total. The van der Waals surface area contributed by atoms with E-state index in [1.165, 1.54) is 0 Å². The van der Waals surface area contributed by atoms with Crippen molar-refractivity contribution in [3.8, 4) is 11.5 Å². The summed E-state index contributed by atoms with van der Waals surface area (Å²) in [6.45, 7) is 6.49. The minimum absolute atomic E-state index is 0.0104. The SMILES string of the molecule is COc1cc(C)ccc1OCC(=O)N1CCN(c2ccc3nnc(C)n3n2)CC1. The van der Waals surface area contributed by atoms with E-state index >= 15 is 0 Å². The van der Waals surface area contributed by atoms with Crippen LogP contribution in [0.1, 0.15) is 11.4 Å². The maximum Gasteiger partial charge on any atom is 0.260 e. The van der Waals surface area contributed by atoms with E-state index in [9.17, 15) is 4.79 Å². The van der Waals surface area contributed by atoms with Crippen LogP contribution in [0, 0.1) is 13.8 Å². The predicted molar refractivity (Wildman–Crippen MR) is 108 cm³/mol. The largest absolute Gasteiger partial charge is 0.493 e. The molecule has 0 unspecified atom stereocenters. The molecule has 2 aromatic heterocycles. The van der Waals surface area contributed by atoms with Crippen LogP contribution in [0.4, 0.5) is 5.82 Å². The number of hydrogen-bond acceptors (Lipinski definition) is 7. The molecule has 0 spiro atoms. The van der Waals surface area contributed by atoms with E-state index in [1.807, 2.05) is 49.1 Å². The van der Waals surface area contributed by atoms with Gasteiger partial charge < -0.3 is 19.3 Å². The number of fused-ring (bicyclic) bond motifs is 1. The second-order valence-corrected chi connectivity index (χ2v) is 7.02. The predicted octanol–water partition coefficient (Wildman–Crippen LogP) is 1.48. The van der Waals surface area contributed by atoms with Crippen LogP contribution in [-0.4, -0.2) is 70.5 Å². The van der Waals surface area contributed by atoms with Gasteiger partial charge in [-0.2, -0.15) is 4.52 Å². The standard InChI is InChI=1S/C20H24N6O3/c1-14-4-5-16(17(12-14)28-3)29-13-20(27)25-10-8-24(9-11-25)19-7-6-18-22-21-15(2)26(18)23-19/h4-7,12H,8-11,13H2,1-3H3. The fourth-order valence-electron chi connectivity index (χ4n) is 3.36. The highest BCUT2D eigenvalue weighted by Crippen LogP contribution is 2.27. The van der Waals surface area contributed by atoms with E-state index in [4.69, 9.17) is 9.47 Å². The van der Waals surface area contributed by atoms with Gasteiger partial charge in [-0.15, -0.1) is 15.3 Å². The zero-order valence-corrected chi connectivity index (χ0v) is 16.8. The summed E-state index contributed by atoms with van der Waals surface area (Å²) in [5.74, 6) is 2.78. The number of hydrogen-bond donors (Lipinski definition) is 0. The molecular formula is C20H24N6O3. The van der Waals surface area contributed by atoms with Gasteiger partial charge in [-0.1, -0.05) is 6.07 Å². The van der Waals surface area contributed by atoms with E-state index in [-0.39, 0.29) is 12.5 Å². The Morgan fingerprint density at radius 2 is 1.83 bits per heavy atom. The number of anilines is 1. The van der Waals surface area contributed by atoms with Crippen LogP contribution in [0.25, 0.3) is 5.65 Å². The maximum absolute atomic E-state index is 12.6. The first-order valence-electron chi connectivity index (χ1n) is 9.54. The molecular weight excluding hydrogens is 372 g/mol. The number of amides is 1. The van der Waals surface area contributed by atoms with Crippen molar-refractivity contribution in [2.45, 2.75) is 13.8 Å². The number of ether oxygens (including phenoxy) is 2. The third kappa shape index (κ3) is 3.94. The minimum Gasteiger partial charge on any atom is -0.493 e. The lowest BCUT2D eigenvalue weighted by Gasteiger charge is -2.35. The second-order valence-electron chi connectivity index (χ2n) is 7.02. The number of piperazine rings is 1. The van der Waals surface area contributed by atoms with Crippen LogP contribution in [0.3, 0.4) is 0 Å². The molecule has 0 saturated carbocycles. The van der Waals surface area contributed by atoms with Gasteiger partial charge in [0, 0.05) is 26.2 Å². The summed E-state index contributed by atoms with van der Waals surface area (Å²) >= 11 is 0. The van der Waals surface area contributed by atoms with Crippen LogP contribution in [0.15, 0.2) is 30.3 Å². The molecule has 152 valence electrons. The molecule has 3 heterocycles. The number of methoxy groups -OCH3 is 1. The van der Waals surface area contributed by atoms with Crippen molar-refractivity contribution in [3.63, 3.8) is 0 Å². The molecule has 4 rings (SSSR count). The number of benzene rings is 1. The summed E-state index contributed by atoms with van der Waals surface area (Å²) in [4.78, 5) is 16.5. The highest BCUT2D eigenvalue weighted by atomic mass is 16.5. The van der Waals surface area contributed by atoms with Crippen molar-refractivity contribution in [1.82, 2.24) is 24.7 Å². The van der Waals surface area contributed by atoms with Crippen LogP contribution in [0.5, 0.6) is 11.5 Å². The first-order valence-corrected chi connectivity index (χ1v) is 9.54. The molecule has 9 heteroatoms. The topological polar surface area (TPSA) is 85.1 Å². The molecule has 0 bridgehead atoms. The van der Waals surface area contributed by atoms with Crippen LogP contribution in [0.2, 0.25) is 0 Å². The molecule has 1 aromatic carbocycles. The van der Waals surface area contributed by atoms with Crippen molar-refractivity contribution in [3.05, 3.63) is 41.7 Å². The van der Waals surface area contributed by atoms with Gasteiger partial charge in [0.05, 0.1) is 7.11 Å². The summed E-state index contributed by atoms with van der Waals surface area (Å²) in [7, 11) is 1.59. The lowest BCUT2D eigenvalue weighted by molar-refractivity contribution is -0.133. The maximum atomic E-state index is 12.6. The zero-order valence-electron chi connectivity index (χ0n) is 16.8. The first kappa shape index (κ1) is 19.0. The molecule has 1 fully saturated rings. The quantitative estimate of drug-likeness (QED) is 0.646. The van der Waals surface area contributed by atoms with Gasteiger partial charge in [0.1, 0.15) is 5.82 Å². The molecule has 1 aliphatic rings. The van der Waals surface area contributed by atoms with Crippen molar-refractivity contribution < 1.29 is 14.3 Å². The monoisotopic (exact) mass is 396 g/mol. The van der Waals surface area contributed by atoms with Gasteiger partial charge in [0.15, 0.2) is 29.6 Å². The Balaban J connectivity index is 1.34. The number of rotatable bonds is 5. The summed E-state index contributed by atoms with van der Waals surface area (Å²) in [6.07, 6.45) is 0. The molecule has 1 amide bonds. The Labute approximate surface area is 168 Å². The molecule has 9 nitrogen and oxygen atoms in total. The van der Waals surface area contributed by atoms with E-state index < -0.39 is 0 Å². The lowest BCUT2D eigenvalue weighted by Crippen LogP contribution is -2.50. The van der Waals surface area contributed by atoms with Crippen molar-refractivity contribution >= 4 is 17.4 Å². The summed E-state index contributed by atoms with van der Waals surface area (Å²) in [5, 5.41) is 12.7. The van der Waals surface area contributed by atoms with Crippen molar-refractivity contribution in [2.75, 3.05) is 44.8 Å². The minimum atomic E-state index is -0.0367. The van der Waals surface area contributed by atoms with E-state index in [2.05, 4.69) is 20.2 Å². The average molecular weight is 396 g/mol. The van der Waals surface area contributed by atoms with E-state index in [0.717, 1.165) is 22.9 Å². The van der Waals surface area contributed by atoms with Crippen molar-refractivity contribution in [1.29, 1.82) is 0 Å². The van der Waals surface area contributed by atoms with Crippen LogP contribution >= 0.6 is 0 Å². The number of carbonyl (C=O) groups excluding carboxylic acids is 1. The molecule has 1 aliphatic heterocycles. The van der Waals surface area contributed by atoms with Crippen LogP contribution in [-0.2, 0) is 4.79 Å². The summed E-state index contributed by atoms with van der Waals surface area (Å²) in [6, 6.07) is 9.49. The number of carbonyl (C=O) groups is 1. The first-order chi connectivity index (χ1) is 14.0. The average Bonchev–Trinajstić information content (AvgIpc) is 3.12. The fraction of sp³-hybridized carbons (Fsp3) is 0.400. The number of aromatic nitrogens is 4. The Morgan fingerprint density at radius 3 is 2.59 bits per heavy atom. The van der Waals surface area contributed by atoms with Gasteiger partial charge >= 0.3 is 0 Å². The molecule has 0 radical (unpaired) electrons. The van der Waals surface area contributed by atoms with E-state index in [1.54, 1.807) is 11.6 Å². The summed E-state index contributed by atoms with van der Waals surface area (Å²) in [5.41, 5.74) is 1.80. The third-order valence-corrected chi connectivity index (χ3v) is 5.03. The Bertz CT molecular complexity index is 1030. The van der Waals surface area contributed by atoms with Crippen molar-refractivity contribution in [2.24, 2.45) is 0 Å². The number of aryl methyl sites for hydroxylation is 2. The lowest BCUT2D eigenvalue weighted by atomic mass is 10.2. The molecule has 0 aliphatic carbocycles. The highest BCUT2D eigenvalue weighted by Gasteiger charge is 2.23. The highest BCUT2D eigenvalue weighted by molar-refractivity contribution is 5.78. The summed E-state index contributed by atoms with van der Waals surface area (Å²) < 4.78 is 12.8. The smallest absolute Gasteiger partial charge is 0.260 e. The van der Waals surface area contributed by atoms with Gasteiger partial charge in [-0.25, -0.2) is 0 Å². The Hall–Kier alpha value is -3.36. The molecule has 1 saturated heterocycles. The zero-order chi connectivity index (χ0) is 20.4. The fourth-order valence-corrected chi connectivity index (χ4v) is 3.36. The number of nitrogens with zero attached hydrogens (tertiary/aromatic N) is 6. The van der Waals surface area contributed by atoms with Gasteiger partial charge in [-0.05, 0) is 43.7 Å². The Kier molecular flexibility index (Phi) is 5.20.